The monoisotopic (exact) mass is 219 g/mol. The zero-order chi connectivity index (χ0) is 11.2. The van der Waals surface area contributed by atoms with Gasteiger partial charge in [0.25, 0.3) is 0 Å². The van der Waals surface area contributed by atoms with Crippen LogP contribution in [0, 0.1) is 0 Å². The number of halogens is 5. The van der Waals surface area contributed by atoms with Gasteiger partial charge in [-0.05, 0) is 6.42 Å². The van der Waals surface area contributed by atoms with Gasteiger partial charge in [0.2, 0.25) is 6.08 Å². The van der Waals surface area contributed by atoms with Crippen LogP contribution in [0.4, 0.5) is 22.0 Å². The first-order valence-corrected chi connectivity index (χ1v) is 3.43. The minimum atomic E-state index is -5.72. The fraction of sp³-hybridized carbons (Fsp3) is 0.833. The molecule has 0 atom stereocenters. The number of carbonyl (C=O) groups excluding carboxylic acids is 1. The Hall–Kier alpha value is -1.01. The van der Waals surface area contributed by atoms with Crippen molar-refractivity contribution < 1.29 is 31.5 Å². The van der Waals surface area contributed by atoms with Gasteiger partial charge in [0, 0.05) is 0 Å². The van der Waals surface area contributed by atoms with Gasteiger partial charge in [-0.25, -0.2) is 9.79 Å². The van der Waals surface area contributed by atoms with E-state index in [1.54, 1.807) is 0 Å². The molecule has 0 aliphatic carbocycles. The van der Waals surface area contributed by atoms with Crippen molar-refractivity contribution in [3.8, 4) is 0 Å². The molecule has 82 valence electrons. The van der Waals surface area contributed by atoms with E-state index in [4.69, 9.17) is 0 Å². The van der Waals surface area contributed by atoms with Gasteiger partial charge in [-0.15, -0.1) is 0 Å². The highest BCUT2D eigenvalue weighted by Crippen LogP contribution is 2.36. The van der Waals surface area contributed by atoms with Gasteiger partial charge in [-0.2, -0.15) is 22.0 Å². The van der Waals surface area contributed by atoms with Gasteiger partial charge >= 0.3 is 12.3 Å². The Morgan fingerprint density at radius 3 is 2.21 bits per heavy atom. The molecule has 0 aliphatic rings. The Bertz CT molecular complexity index is 221. The van der Waals surface area contributed by atoms with Crippen molar-refractivity contribution in [3.63, 3.8) is 0 Å². The van der Waals surface area contributed by atoms with Crippen LogP contribution < -0.4 is 0 Å². The van der Waals surface area contributed by atoms with Gasteiger partial charge in [0.05, 0.1) is 13.2 Å². The molecule has 0 fully saturated rings. The second kappa shape index (κ2) is 5.02. The third-order valence-corrected chi connectivity index (χ3v) is 1.09. The maximum absolute atomic E-state index is 12.0. The Morgan fingerprint density at radius 2 is 1.79 bits per heavy atom. The third kappa shape index (κ3) is 4.29. The van der Waals surface area contributed by atoms with E-state index >= 15 is 0 Å². The molecular formula is C6H6F5NO2. The van der Waals surface area contributed by atoms with E-state index in [0.29, 0.717) is 0 Å². The summed E-state index contributed by atoms with van der Waals surface area (Å²) < 4.78 is 61.6. The number of ether oxygens (including phenoxy) is 1. The normalized spacial score (nSPS) is 12.4. The minimum Gasteiger partial charge on any atom is -0.313 e. The summed E-state index contributed by atoms with van der Waals surface area (Å²) in [6, 6.07) is 0. The summed E-state index contributed by atoms with van der Waals surface area (Å²) in [5.74, 6) is 0. The molecule has 0 bridgehead atoms. The SMILES string of the molecule is O=C=NCCCOC(F)(F)C(F)(F)F. The van der Waals surface area contributed by atoms with Crippen LogP contribution in [0.25, 0.3) is 0 Å². The zero-order valence-corrected chi connectivity index (χ0v) is 6.77. The Kier molecular flexibility index (Phi) is 4.65. The maximum atomic E-state index is 12.0. The van der Waals surface area contributed by atoms with Gasteiger partial charge in [0.15, 0.2) is 0 Å². The smallest absolute Gasteiger partial charge is 0.313 e. The van der Waals surface area contributed by atoms with E-state index in [0.717, 1.165) is 6.08 Å². The molecule has 0 saturated carbocycles. The van der Waals surface area contributed by atoms with Gasteiger partial charge in [-0.1, -0.05) is 0 Å². The average molecular weight is 219 g/mol. The first-order chi connectivity index (χ1) is 6.31. The van der Waals surface area contributed by atoms with Crippen LogP contribution in [-0.4, -0.2) is 31.5 Å². The second-order valence-corrected chi connectivity index (χ2v) is 2.19. The summed E-state index contributed by atoms with van der Waals surface area (Å²) in [4.78, 5) is 12.4. The van der Waals surface area contributed by atoms with Crippen LogP contribution in [0.3, 0.4) is 0 Å². The molecule has 0 aromatic rings. The van der Waals surface area contributed by atoms with Crippen LogP contribution in [0.5, 0.6) is 0 Å². The van der Waals surface area contributed by atoms with Crippen molar-refractivity contribution in [2.75, 3.05) is 13.2 Å². The average Bonchev–Trinajstić information content (AvgIpc) is 2.02. The molecule has 0 aromatic carbocycles. The molecule has 0 saturated heterocycles. The molecule has 0 rings (SSSR count). The molecule has 14 heavy (non-hydrogen) atoms. The summed E-state index contributed by atoms with van der Waals surface area (Å²) >= 11 is 0. The zero-order valence-electron chi connectivity index (χ0n) is 6.77. The highest BCUT2D eigenvalue weighted by atomic mass is 19.4. The molecule has 0 radical (unpaired) electrons. The van der Waals surface area contributed by atoms with Crippen molar-refractivity contribution in [1.82, 2.24) is 0 Å². The van der Waals surface area contributed by atoms with Crippen LogP contribution in [0.15, 0.2) is 4.99 Å². The van der Waals surface area contributed by atoms with Crippen molar-refractivity contribution in [1.29, 1.82) is 0 Å². The van der Waals surface area contributed by atoms with E-state index < -0.39 is 18.9 Å². The lowest BCUT2D eigenvalue weighted by molar-refractivity contribution is -0.391. The number of isocyanates is 1. The fourth-order valence-corrected chi connectivity index (χ4v) is 0.471. The first-order valence-electron chi connectivity index (χ1n) is 3.43. The van der Waals surface area contributed by atoms with Crippen LogP contribution in [-0.2, 0) is 9.53 Å². The van der Waals surface area contributed by atoms with Crippen LogP contribution in [0.1, 0.15) is 6.42 Å². The molecule has 0 spiro atoms. The standard InChI is InChI=1S/C6H6F5NO2/c7-5(8,9)6(10,11)14-3-1-2-12-4-13/h1-3H2. The second-order valence-electron chi connectivity index (χ2n) is 2.19. The molecule has 0 N–H and O–H groups in total. The lowest BCUT2D eigenvalue weighted by Gasteiger charge is -2.18. The number of hydrogen-bond donors (Lipinski definition) is 0. The Labute approximate surface area is 75.6 Å². The summed E-state index contributed by atoms with van der Waals surface area (Å²) in [6.07, 6.45) is -9.98. The molecular weight excluding hydrogens is 213 g/mol. The molecule has 0 heterocycles. The summed E-state index contributed by atoms with van der Waals surface area (Å²) in [6.45, 7) is -1.03. The number of alkyl halides is 5. The van der Waals surface area contributed by atoms with E-state index in [-0.39, 0.29) is 13.0 Å². The van der Waals surface area contributed by atoms with Crippen molar-refractivity contribution >= 4 is 6.08 Å². The topological polar surface area (TPSA) is 38.7 Å². The van der Waals surface area contributed by atoms with Crippen molar-refractivity contribution in [2.24, 2.45) is 4.99 Å². The number of rotatable bonds is 5. The van der Waals surface area contributed by atoms with Crippen molar-refractivity contribution in [2.45, 2.75) is 18.7 Å². The molecule has 0 aliphatic heterocycles. The third-order valence-electron chi connectivity index (χ3n) is 1.09. The largest absolute Gasteiger partial charge is 0.482 e. The van der Waals surface area contributed by atoms with E-state index in [1.807, 2.05) is 0 Å². The fourth-order valence-electron chi connectivity index (χ4n) is 0.471. The quantitative estimate of drug-likeness (QED) is 0.306. The summed E-state index contributed by atoms with van der Waals surface area (Å²) in [5.41, 5.74) is 0. The van der Waals surface area contributed by atoms with Crippen molar-refractivity contribution in [3.05, 3.63) is 0 Å². The number of nitrogens with zero attached hydrogens (tertiary/aromatic N) is 1. The summed E-state index contributed by atoms with van der Waals surface area (Å²) in [7, 11) is 0. The number of aliphatic imine (C=N–C) groups is 1. The highest BCUT2D eigenvalue weighted by Gasteiger charge is 2.59. The lowest BCUT2D eigenvalue weighted by atomic mass is 10.4. The van der Waals surface area contributed by atoms with E-state index in [9.17, 15) is 26.7 Å². The summed E-state index contributed by atoms with van der Waals surface area (Å²) in [5, 5.41) is 0. The molecule has 3 nitrogen and oxygen atoms in total. The molecule has 0 aromatic heterocycles. The molecule has 8 heteroatoms. The van der Waals surface area contributed by atoms with Crippen LogP contribution in [0.2, 0.25) is 0 Å². The maximum Gasteiger partial charge on any atom is 0.482 e. The minimum absolute atomic E-state index is 0.197. The highest BCUT2D eigenvalue weighted by molar-refractivity contribution is 5.32. The lowest BCUT2D eigenvalue weighted by Crippen LogP contribution is -2.39. The van der Waals surface area contributed by atoms with E-state index in [1.165, 1.54) is 0 Å². The van der Waals surface area contributed by atoms with Crippen LogP contribution >= 0.6 is 0 Å². The molecule has 0 amide bonds. The predicted octanol–water partition coefficient (Wildman–Crippen LogP) is 1.88. The van der Waals surface area contributed by atoms with Gasteiger partial charge in [0.1, 0.15) is 0 Å². The first kappa shape index (κ1) is 13.0. The molecule has 0 unspecified atom stereocenters. The Morgan fingerprint density at radius 1 is 1.21 bits per heavy atom. The predicted molar refractivity (Wildman–Crippen MR) is 34.6 cm³/mol. The van der Waals surface area contributed by atoms with Gasteiger partial charge < -0.3 is 4.74 Å². The Balaban J connectivity index is 3.83. The van der Waals surface area contributed by atoms with E-state index in [2.05, 4.69) is 9.73 Å². The van der Waals surface area contributed by atoms with Gasteiger partial charge in [-0.3, -0.25) is 0 Å². The number of hydrogen-bond acceptors (Lipinski definition) is 3.